The lowest BCUT2D eigenvalue weighted by molar-refractivity contribution is 0.217. The zero-order valence-corrected chi connectivity index (χ0v) is 15.3. The van der Waals surface area contributed by atoms with Gasteiger partial charge in [-0.15, -0.1) is 0 Å². The topological polar surface area (TPSA) is 48.1 Å². The van der Waals surface area contributed by atoms with Crippen molar-refractivity contribution in [3.8, 4) is 0 Å². The van der Waals surface area contributed by atoms with Crippen LogP contribution in [0, 0.1) is 6.92 Å². The third-order valence-electron chi connectivity index (χ3n) is 4.94. The quantitative estimate of drug-likeness (QED) is 0.623. The molecule has 0 bridgehead atoms. The largest absolute Gasteiger partial charge is 0.361 e. The van der Waals surface area contributed by atoms with Crippen molar-refractivity contribution in [2.75, 3.05) is 18.4 Å². The smallest absolute Gasteiger partial charge is 0.322 e. The molecule has 2 amide bonds. The first-order valence-electron chi connectivity index (χ1n) is 8.70. The minimum atomic E-state index is -0.0930. The maximum absolute atomic E-state index is 12.6. The Morgan fingerprint density at radius 2 is 2.04 bits per heavy atom. The molecule has 1 aliphatic rings. The summed E-state index contributed by atoms with van der Waals surface area (Å²) in [5, 5.41) is 4.85. The van der Waals surface area contributed by atoms with E-state index in [0.717, 1.165) is 23.2 Å². The maximum Gasteiger partial charge on any atom is 0.322 e. The summed E-state index contributed by atoms with van der Waals surface area (Å²) < 4.78 is 0. The first-order chi connectivity index (χ1) is 12.6. The van der Waals surface area contributed by atoms with Crippen LogP contribution in [0.15, 0.2) is 54.7 Å². The molecule has 2 aromatic carbocycles. The Morgan fingerprint density at radius 1 is 1.19 bits per heavy atom. The SMILES string of the molecule is Cc1c(Cl)cccc1NC(=O)N1CC=C(c2c[nH]c3ccccc23)CC1. The van der Waals surface area contributed by atoms with Gasteiger partial charge in [0.2, 0.25) is 0 Å². The van der Waals surface area contributed by atoms with Crippen LogP contribution in [0.3, 0.4) is 0 Å². The summed E-state index contributed by atoms with van der Waals surface area (Å²) in [4.78, 5) is 17.7. The summed E-state index contributed by atoms with van der Waals surface area (Å²) in [5.41, 5.74) is 5.29. The Labute approximate surface area is 157 Å². The van der Waals surface area contributed by atoms with Gasteiger partial charge in [-0.25, -0.2) is 4.79 Å². The van der Waals surface area contributed by atoms with Crippen molar-refractivity contribution in [3.63, 3.8) is 0 Å². The molecule has 0 saturated heterocycles. The summed E-state index contributed by atoms with van der Waals surface area (Å²) in [6.07, 6.45) is 5.04. The van der Waals surface area contributed by atoms with Gasteiger partial charge in [0, 0.05) is 46.5 Å². The molecule has 5 heteroatoms. The van der Waals surface area contributed by atoms with E-state index in [2.05, 4.69) is 40.8 Å². The number of H-pyrrole nitrogens is 1. The zero-order valence-electron chi connectivity index (χ0n) is 14.6. The number of benzene rings is 2. The van der Waals surface area contributed by atoms with Crippen molar-refractivity contribution in [1.82, 2.24) is 9.88 Å². The lowest BCUT2D eigenvalue weighted by Gasteiger charge is -2.27. The molecule has 0 spiro atoms. The van der Waals surface area contributed by atoms with Crippen LogP contribution in [0.4, 0.5) is 10.5 Å². The molecular formula is C21H20ClN3O. The fraction of sp³-hybridized carbons (Fsp3) is 0.190. The summed E-state index contributed by atoms with van der Waals surface area (Å²) in [7, 11) is 0. The summed E-state index contributed by atoms with van der Waals surface area (Å²) >= 11 is 6.13. The number of amides is 2. The molecule has 4 rings (SSSR count). The molecular weight excluding hydrogens is 346 g/mol. The number of hydrogen-bond acceptors (Lipinski definition) is 1. The third-order valence-corrected chi connectivity index (χ3v) is 5.35. The zero-order chi connectivity index (χ0) is 18.1. The number of hydrogen-bond donors (Lipinski definition) is 2. The molecule has 2 N–H and O–H groups in total. The standard InChI is InChI=1S/C21H20ClN3O/c1-14-18(22)6-4-8-19(14)24-21(26)25-11-9-15(10-12-25)17-13-23-20-7-3-2-5-16(17)20/h2-9,13,23H,10-12H2,1H3,(H,24,26). The number of rotatable bonds is 2. The summed E-state index contributed by atoms with van der Waals surface area (Å²) in [6.45, 7) is 3.19. The van der Waals surface area contributed by atoms with E-state index in [0.29, 0.717) is 18.1 Å². The molecule has 26 heavy (non-hydrogen) atoms. The van der Waals surface area contributed by atoms with Crippen LogP contribution < -0.4 is 5.32 Å². The van der Waals surface area contributed by atoms with Gasteiger partial charge in [0.05, 0.1) is 0 Å². The van der Waals surface area contributed by atoms with Crippen LogP contribution in [0.1, 0.15) is 17.5 Å². The third kappa shape index (κ3) is 3.08. The Kier molecular flexibility index (Phi) is 4.43. The number of para-hydroxylation sites is 1. The predicted molar refractivity (Wildman–Crippen MR) is 108 cm³/mol. The first kappa shape index (κ1) is 16.7. The van der Waals surface area contributed by atoms with Crippen molar-refractivity contribution < 1.29 is 4.79 Å². The van der Waals surface area contributed by atoms with E-state index >= 15 is 0 Å². The highest BCUT2D eigenvalue weighted by Gasteiger charge is 2.20. The van der Waals surface area contributed by atoms with Crippen LogP contribution >= 0.6 is 11.6 Å². The number of aromatic nitrogens is 1. The molecule has 4 nitrogen and oxygen atoms in total. The minimum absolute atomic E-state index is 0.0930. The highest BCUT2D eigenvalue weighted by Crippen LogP contribution is 2.29. The van der Waals surface area contributed by atoms with Gasteiger partial charge in [-0.3, -0.25) is 0 Å². The van der Waals surface area contributed by atoms with Crippen molar-refractivity contribution in [2.45, 2.75) is 13.3 Å². The highest BCUT2D eigenvalue weighted by atomic mass is 35.5. The second kappa shape index (κ2) is 6.89. The highest BCUT2D eigenvalue weighted by molar-refractivity contribution is 6.31. The Hall–Kier alpha value is -2.72. The molecule has 0 atom stereocenters. The average Bonchev–Trinajstić information content (AvgIpc) is 3.10. The van der Waals surface area contributed by atoms with Gasteiger partial charge in [-0.05, 0) is 42.7 Å². The molecule has 1 aromatic heterocycles. The van der Waals surface area contributed by atoms with E-state index in [1.54, 1.807) is 0 Å². The fourth-order valence-electron chi connectivity index (χ4n) is 3.37. The van der Waals surface area contributed by atoms with E-state index in [-0.39, 0.29) is 6.03 Å². The van der Waals surface area contributed by atoms with Gasteiger partial charge in [-0.2, -0.15) is 0 Å². The summed E-state index contributed by atoms with van der Waals surface area (Å²) in [6, 6.07) is 13.7. The number of halogens is 1. The number of anilines is 1. The van der Waals surface area contributed by atoms with Gasteiger partial charge < -0.3 is 15.2 Å². The molecule has 0 radical (unpaired) electrons. The van der Waals surface area contributed by atoms with Gasteiger partial charge >= 0.3 is 6.03 Å². The molecule has 0 fully saturated rings. The normalized spacial score (nSPS) is 14.4. The van der Waals surface area contributed by atoms with Gasteiger partial charge in [0.1, 0.15) is 0 Å². The predicted octanol–water partition coefficient (Wildman–Crippen LogP) is 5.45. The molecule has 0 aliphatic carbocycles. The molecule has 2 heterocycles. The number of nitrogens with one attached hydrogen (secondary N) is 2. The monoisotopic (exact) mass is 365 g/mol. The van der Waals surface area contributed by atoms with Gasteiger partial charge in [0.15, 0.2) is 0 Å². The van der Waals surface area contributed by atoms with E-state index in [1.807, 2.05) is 36.1 Å². The summed E-state index contributed by atoms with van der Waals surface area (Å²) in [5.74, 6) is 0. The second-order valence-electron chi connectivity index (χ2n) is 6.52. The fourth-order valence-corrected chi connectivity index (χ4v) is 3.55. The lowest BCUT2D eigenvalue weighted by atomic mass is 9.99. The van der Waals surface area contributed by atoms with Crippen LogP contribution in [-0.2, 0) is 0 Å². The van der Waals surface area contributed by atoms with Crippen LogP contribution in [0.5, 0.6) is 0 Å². The van der Waals surface area contributed by atoms with Crippen molar-refractivity contribution in [3.05, 3.63) is 70.9 Å². The van der Waals surface area contributed by atoms with E-state index in [4.69, 9.17) is 11.6 Å². The molecule has 1 aliphatic heterocycles. The Balaban J connectivity index is 1.48. The number of carbonyl (C=O) groups excluding carboxylic acids is 1. The number of fused-ring (bicyclic) bond motifs is 1. The van der Waals surface area contributed by atoms with Crippen molar-refractivity contribution >= 4 is 39.8 Å². The van der Waals surface area contributed by atoms with Gasteiger partial charge in [0.25, 0.3) is 0 Å². The Bertz CT molecular complexity index is 1010. The average molecular weight is 366 g/mol. The molecule has 0 saturated carbocycles. The number of nitrogens with zero attached hydrogens (tertiary/aromatic N) is 1. The van der Waals surface area contributed by atoms with Crippen molar-refractivity contribution in [1.29, 1.82) is 0 Å². The number of aromatic amines is 1. The molecule has 0 unspecified atom stereocenters. The van der Waals surface area contributed by atoms with Crippen molar-refractivity contribution in [2.24, 2.45) is 0 Å². The van der Waals surface area contributed by atoms with Crippen LogP contribution in [0.2, 0.25) is 5.02 Å². The van der Waals surface area contributed by atoms with E-state index in [1.165, 1.54) is 16.5 Å². The lowest BCUT2D eigenvalue weighted by Crippen LogP contribution is -2.38. The number of urea groups is 1. The van der Waals surface area contributed by atoms with E-state index in [9.17, 15) is 4.79 Å². The van der Waals surface area contributed by atoms with Gasteiger partial charge in [-0.1, -0.05) is 41.9 Å². The van der Waals surface area contributed by atoms with E-state index < -0.39 is 0 Å². The molecule has 132 valence electrons. The number of carbonyl (C=O) groups is 1. The van der Waals surface area contributed by atoms with Crippen LogP contribution in [-0.4, -0.2) is 29.0 Å². The minimum Gasteiger partial charge on any atom is -0.361 e. The molecule has 3 aromatic rings. The maximum atomic E-state index is 12.6. The van der Waals surface area contributed by atoms with Crippen LogP contribution in [0.25, 0.3) is 16.5 Å². The first-order valence-corrected chi connectivity index (χ1v) is 9.08. The Morgan fingerprint density at radius 3 is 2.85 bits per heavy atom. The second-order valence-corrected chi connectivity index (χ2v) is 6.92.